The molecule has 0 saturated carbocycles. The number of hydrogen-bond acceptors (Lipinski definition) is 7. The zero-order chi connectivity index (χ0) is 20.9. The standard InChI is InChI=1S/C15H10BrF2NO7S2/c16-9-6-5-8(13-14(9)26-15(17,18)25-13)10(20)7-27(21,22)11-3-1-2-4-12(11)28(19,23)24/h1-6H,7H2,(H2,19,23,24). The third kappa shape index (κ3) is 3.87. The van der Waals surface area contributed by atoms with Crippen LogP contribution in [0.4, 0.5) is 8.78 Å². The average molecular weight is 498 g/mol. The summed E-state index contributed by atoms with van der Waals surface area (Å²) in [5.41, 5.74) is -0.466. The van der Waals surface area contributed by atoms with E-state index in [2.05, 4.69) is 25.4 Å². The van der Waals surface area contributed by atoms with Gasteiger partial charge < -0.3 is 9.47 Å². The Balaban J connectivity index is 2.01. The van der Waals surface area contributed by atoms with E-state index in [1.807, 2.05) is 0 Å². The van der Waals surface area contributed by atoms with Gasteiger partial charge in [0.1, 0.15) is 10.6 Å². The van der Waals surface area contributed by atoms with E-state index in [1.165, 1.54) is 18.2 Å². The molecule has 0 bridgehead atoms. The largest absolute Gasteiger partial charge is 0.586 e. The van der Waals surface area contributed by atoms with E-state index in [0.29, 0.717) is 0 Å². The summed E-state index contributed by atoms with van der Waals surface area (Å²) in [4.78, 5) is 11.2. The van der Waals surface area contributed by atoms with E-state index in [-0.39, 0.29) is 4.47 Å². The van der Waals surface area contributed by atoms with Gasteiger partial charge in [-0.05, 0) is 40.2 Å². The van der Waals surface area contributed by atoms with Gasteiger partial charge in [0.2, 0.25) is 10.0 Å². The molecule has 0 radical (unpaired) electrons. The number of hydrogen-bond donors (Lipinski definition) is 1. The van der Waals surface area contributed by atoms with Crippen LogP contribution in [-0.2, 0) is 19.9 Å². The van der Waals surface area contributed by atoms with Gasteiger partial charge in [-0.25, -0.2) is 22.0 Å². The van der Waals surface area contributed by atoms with Crippen LogP contribution in [0.1, 0.15) is 10.4 Å². The summed E-state index contributed by atoms with van der Waals surface area (Å²) in [6.45, 7) is 0. The summed E-state index contributed by atoms with van der Waals surface area (Å²) in [6.07, 6.45) is -4.03. The first kappa shape index (κ1) is 20.6. The summed E-state index contributed by atoms with van der Waals surface area (Å²) in [6, 6.07) is 6.75. The molecule has 2 aromatic rings. The maximum atomic E-state index is 13.4. The lowest BCUT2D eigenvalue weighted by atomic mass is 10.1. The number of ether oxygens (including phenoxy) is 2. The van der Waals surface area contributed by atoms with Crippen LogP contribution in [0.2, 0.25) is 0 Å². The minimum atomic E-state index is -4.48. The third-order valence-electron chi connectivity index (χ3n) is 3.62. The number of fused-ring (bicyclic) bond motifs is 1. The highest BCUT2D eigenvalue weighted by Crippen LogP contribution is 2.48. The lowest BCUT2D eigenvalue weighted by Crippen LogP contribution is -2.26. The molecule has 13 heteroatoms. The summed E-state index contributed by atoms with van der Waals surface area (Å²) in [5, 5.41) is 5.01. The number of carbonyl (C=O) groups excluding carboxylic acids is 1. The number of nitrogens with two attached hydrogens (primary N) is 1. The van der Waals surface area contributed by atoms with Gasteiger partial charge in [-0.15, -0.1) is 8.78 Å². The Morgan fingerprint density at radius 2 is 1.57 bits per heavy atom. The molecule has 0 saturated heterocycles. The van der Waals surface area contributed by atoms with Crippen LogP contribution in [-0.4, -0.2) is 34.7 Å². The van der Waals surface area contributed by atoms with Gasteiger partial charge in [0.25, 0.3) is 0 Å². The van der Waals surface area contributed by atoms with Gasteiger partial charge in [0, 0.05) is 0 Å². The van der Waals surface area contributed by atoms with Crippen LogP contribution in [0.25, 0.3) is 0 Å². The van der Waals surface area contributed by atoms with Gasteiger partial charge in [-0.3, -0.25) is 4.79 Å². The Morgan fingerprint density at radius 3 is 2.18 bits per heavy atom. The molecule has 0 fully saturated rings. The second-order valence-corrected chi connectivity index (χ2v) is 9.94. The highest BCUT2D eigenvalue weighted by Gasteiger charge is 2.46. The molecule has 3 rings (SSSR count). The molecule has 1 heterocycles. The lowest BCUT2D eigenvalue weighted by molar-refractivity contribution is -0.287. The zero-order valence-electron chi connectivity index (χ0n) is 13.6. The van der Waals surface area contributed by atoms with Crippen LogP contribution in [0, 0.1) is 0 Å². The van der Waals surface area contributed by atoms with Crippen molar-refractivity contribution in [3.05, 3.63) is 46.4 Å². The SMILES string of the molecule is NS(=O)(=O)c1ccccc1S(=O)(=O)CC(=O)c1ccc(Br)c2c1OC(F)(F)O2. The first-order valence-corrected chi connectivity index (χ1v) is 11.3. The maximum absolute atomic E-state index is 13.4. The number of carbonyl (C=O) groups is 1. The van der Waals surface area contributed by atoms with Crippen molar-refractivity contribution < 1.29 is 39.9 Å². The van der Waals surface area contributed by atoms with E-state index in [4.69, 9.17) is 5.14 Å². The van der Waals surface area contributed by atoms with Gasteiger partial charge in [0.05, 0.1) is 14.9 Å². The molecule has 0 amide bonds. The Bertz CT molecular complexity index is 1200. The minimum Gasteiger partial charge on any atom is -0.394 e. The normalized spacial score (nSPS) is 15.4. The number of primary sulfonamides is 1. The molecular weight excluding hydrogens is 488 g/mol. The van der Waals surface area contributed by atoms with Crippen LogP contribution in [0.3, 0.4) is 0 Å². The molecule has 2 N–H and O–H groups in total. The van der Waals surface area contributed by atoms with Gasteiger partial charge in [-0.1, -0.05) is 12.1 Å². The van der Waals surface area contributed by atoms with Crippen molar-refractivity contribution in [3.63, 3.8) is 0 Å². The number of Topliss-reactive ketones (excluding diaryl/α,β-unsaturated/α-hetero) is 1. The Hall–Kier alpha value is -2.09. The monoisotopic (exact) mass is 497 g/mol. The zero-order valence-corrected chi connectivity index (χ0v) is 16.8. The summed E-state index contributed by atoms with van der Waals surface area (Å²) < 4.78 is 83.9. The molecule has 2 aromatic carbocycles. The second-order valence-electron chi connectivity index (χ2n) is 5.59. The van der Waals surface area contributed by atoms with Crippen molar-refractivity contribution in [2.45, 2.75) is 16.1 Å². The van der Waals surface area contributed by atoms with Crippen molar-refractivity contribution in [1.82, 2.24) is 0 Å². The van der Waals surface area contributed by atoms with Crippen molar-refractivity contribution in [3.8, 4) is 11.5 Å². The van der Waals surface area contributed by atoms with Crippen LogP contribution in [0.5, 0.6) is 11.5 Å². The van der Waals surface area contributed by atoms with Crippen molar-refractivity contribution in [1.29, 1.82) is 0 Å². The quantitative estimate of drug-likeness (QED) is 0.625. The topological polar surface area (TPSA) is 130 Å². The number of sulfonamides is 1. The first-order valence-electron chi connectivity index (χ1n) is 7.28. The van der Waals surface area contributed by atoms with E-state index in [9.17, 15) is 30.4 Å². The fourth-order valence-electron chi connectivity index (χ4n) is 2.48. The molecule has 0 aliphatic carbocycles. The summed E-state index contributed by atoms with van der Waals surface area (Å²) in [7, 11) is -8.87. The van der Waals surface area contributed by atoms with Gasteiger partial charge in [-0.2, -0.15) is 0 Å². The number of benzene rings is 2. The molecule has 0 aromatic heterocycles. The van der Waals surface area contributed by atoms with Crippen molar-refractivity contribution in [2.24, 2.45) is 5.14 Å². The lowest BCUT2D eigenvalue weighted by Gasteiger charge is -2.10. The van der Waals surface area contributed by atoms with E-state index < -0.39 is 64.5 Å². The fourth-order valence-corrected chi connectivity index (χ4v) is 5.54. The van der Waals surface area contributed by atoms with Crippen LogP contribution < -0.4 is 14.6 Å². The number of halogens is 3. The van der Waals surface area contributed by atoms with Crippen molar-refractivity contribution >= 4 is 41.6 Å². The number of sulfone groups is 1. The van der Waals surface area contributed by atoms with E-state index in [0.717, 1.165) is 18.2 Å². The highest BCUT2D eigenvalue weighted by molar-refractivity contribution is 9.10. The number of rotatable bonds is 5. The molecule has 0 atom stereocenters. The third-order valence-corrected chi connectivity index (χ3v) is 7.01. The molecule has 8 nitrogen and oxygen atoms in total. The summed E-state index contributed by atoms with van der Waals surface area (Å²) >= 11 is 2.96. The average Bonchev–Trinajstić information content (AvgIpc) is 2.90. The Morgan fingerprint density at radius 1 is 1.00 bits per heavy atom. The van der Waals surface area contributed by atoms with Crippen LogP contribution in [0.15, 0.2) is 50.7 Å². The number of alkyl halides is 2. The molecule has 0 spiro atoms. The molecule has 1 aliphatic rings. The van der Waals surface area contributed by atoms with Crippen molar-refractivity contribution in [2.75, 3.05) is 5.75 Å². The summed E-state index contributed by atoms with van der Waals surface area (Å²) in [5.74, 6) is -3.39. The van der Waals surface area contributed by atoms with E-state index in [1.54, 1.807) is 0 Å². The smallest absolute Gasteiger partial charge is 0.394 e. The molecule has 1 aliphatic heterocycles. The van der Waals surface area contributed by atoms with Crippen LogP contribution >= 0.6 is 15.9 Å². The second kappa shape index (κ2) is 6.76. The molecule has 0 unspecified atom stereocenters. The predicted octanol–water partition coefficient (Wildman–Crippen LogP) is 2.07. The number of ketones is 1. The Kier molecular flexibility index (Phi) is 4.98. The molecule has 150 valence electrons. The van der Waals surface area contributed by atoms with Gasteiger partial charge >= 0.3 is 6.29 Å². The Labute approximate surface area is 166 Å². The molecular formula is C15H10BrF2NO7S2. The van der Waals surface area contributed by atoms with E-state index >= 15 is 0 Å². The minimum absolute atomic E-state index is 0.0682. The maximum Gasteiger partial charge on any atom is 0.586 e. The predicted molar refractivity (Wildman–Crippen MR) is 94.5 cm³/mol. The first-order chi connectivity index (χ1) is 12.8. The molecule has 28 heavy (non-hydrogen) atoms. The highest BCUT2D eigenvalue weighted by atomic mass is 79.9. The fraction of sp³-hybridized carbons (Fsp3) is 0.133. The van der Waals surface area contributed by atoms with Gasteiger partial charge in [0.15, 0.2) is 27.1 Å².